The Balaban J connectivity index is 1.19. The summed E-state index contributed by atoms with van der Waals surface area (Å²) in [4.78, 5) is 4.67. The van der Waals surface area contributed by atoms with Crippen LogP contribution in [0, 0.1) is 11.7 Å². The summed E-state index contributed by atoms with van der Waals surface area (Å²) in [5.74, 6) is 1.26. The van der Waals surface area contributed by atoms with Crippen LogP contribution in [0.15, 0.2) is 108 Å². The maximum atomic E-state index is 14.0. The van der Waals surface area contributed by atoms with Gasteiger partial charge in [0.25, 0.3) is 0 Å². The van der Waals surface area contributed by atoms with Crippen LogP contribution < -0.4 is 10.1 Å². The summed E-state index contributed by atoms with van der Waals surface area (Å²) < 4.78 is 19.9. The second kappa shape index (κ2) is 10.2. The van der Waals surface area contributed by atoms with E-state index >= 15 is 0 Å². The average Bonchev–Trinajstić information content (AvgIpc) is 3.43. The predicted molar refractivity (Wildman–Crippen MR) is 149 cm³/mol. The number of hydrogen-bond acceptors (Lipinski definition) is 3. The molecule has 0 saturated carbocycles. The van der Waals surface area contributed by atoms with Crippen LogP contribution in [0.1, 0.15) is 40.6 Å². The van der Waals surface area contributed by atoms with Gasteiger partial charge in [0.15, 0.2) is 0 Å². The van der Waals surface area contributed by atoms with Gasteiger partial charge in [-0.15, -0.1) is 0 Å². The Labute approximate surface area is 221 Å². The number of fused-ring (bicyclic) bond motifs is 3. The molecular weight excluding hydrogens is 483 g/mol. The van der Waals surface area contributed by atoms with Gasteiger partial charge < -0.3 is 10.1 Å². The second-order valence-corrected chi connectivity index (χ2v) is 9.91. The summed E-state index contributed by atoms with van der Waals surface area (Å²) in [6.07, 6.45) is 7.47. The van der Waals surface area contributed by atoms with Gasteiger partial charge in [-0.1, -0.05) is 72.3 Å². The first kappa shape index (κ1) is 23.5. The molecule has 1 heterocycles. The van der Waals surface area contributed by atoms with E-state index in [0.29, 0.717) is 28.2 Å². The van der Waals surface area contributed by atoms with Crippen molar-refractivity contribution in [1.82, 2.24) is 0 Å². The van der Waals surface area contributed by atoms with Gasteiger partial charge in [-0.05, 0) is 65.9 Å². The Morgan fingerprint density at radius 2 is 1.78 bits per heavy atom. The zero-order valence-electron chi connectivity index (χ0n) is 20.1. The number of allylic oxidation sites excluding steroid dienone is 2. The number of hydrogen-bond donors (Lipinski definition) is 1. The molecule has 4 aromatic carbocycles. The molecule has 1 N–H and O–H groups in total. The van der Waals surface area contributed by atoms with Gasteiger partial charge in [0.05, 0.1) is 11.7 Å². The number of anilines is 1. The summed E-state index contributed by atoms with van der Waals surface area (Å²) in [5, 5.41) is 4.35. The lowest BCUT2D eigenvalue weighted by atomic mass is 9.77. The molecule has 0 saturated heterocycles. The van der Waals surface area contributed by atoms with Crippen LogP contribution in [-0.4, -0.2) is 6.21 Å². The smallest absolute Gasteiger partial charge is 0.129 e. The molecule has 0 unspecified atom stereocenters. The van der Waals surface area contributed by atoms with E-state index in [0.717, 1.165) is 17.7 Å². The Morgan fingerprint density at radius 1 is 0.973 bits per heavy atom. The highest BCUT2D eigenvalue weighted by molar-refractivity contribution is 6.30. The Bertz CT molecular complexity index is 1480. The summed E-state index contributed by atoms with van der Waals surface area (Å²) in [6.45, 7) is 0.123. The molecule has 0 aromatic heterocycles. The fourth-order valence-electron chi connectivity index (χ4n) is 5.31. The van der Waals surface area contributed by atoms with E-state index in [1.807, 2.05) is 12.1 Å². The highest BCUT2D eigenvalue weighted by Gasteiger charge is 2.37. The number of benzene rings is 4. The highest BCUT2D eigenvalue weighted by Crippen LogP contribution is 2.49. The maximum absolute atomic E-state index is 14.0. The third-order valence-corrected chi connectivity index (χ3v) is 7.42. The average molecular weight is 509 g/mol. The van der Waals surface area contributed by atoms with E-state index in [1.165, 1.54) is 22.9 Å². The van der Waals surface area contributed by atoms with Crippen molar-refractivity contribution >= 4 is 29.2 Å². The topological polar surface area (TPSA) is 33.6 Å². The number of ether oxygens (including phenoxy) is 1. The van der Waals surface area contributed by atoms with Crippen molar-refractivity contribution in [3.8, 4) is 5.75 Å². The van der Waals surface area contributed by atoms with E-state index < -0.39 is 0 Å². The summed E-state index contributed by atoms with van der Waals surface area (Å²) in [6, 6.07) is 29.2. The van der Waals surface area contributed by atoms with Gasteiger partial charge in [-0.2, -0.15) is 0 Å². The largest absolute Gasteiger partial charge is 0.488 e. The third kappa shape index (κ3) is 4.90. The lowest BCUT2D eigenvalue weighted by Crippen LogP contribution is -2.28. The molecule has 0 spiro atoms. The molecule has 6 rings (SSSR count). The molecule has 184 valence electrons. The van der Waals surface area contributed by atoms with Crippen LogP contribution in [0.4, 0.5) is 15.8 Å². The SMILES string of the molecule is Fc1ccccc1COc1ccc(Cl)cc1C=Nc1ccc([C@@H]2Nc3ccccc3[C@H]3C=CC[C@@H]32)cc1. The zero-order chi connectivity index (χ0) is 25.2. The van der Waals surface area contributed by atoms with Crippen molar-refractivity contribution in [2.24, 2.45) is 10.9 Å². The van der Waals surface area contributed by atoms with Crippen molar-refractivity contribution < 1.29 is 9.13 Å². The van der Waals surface area contributed by atoms with E-state index in [4.69, 9.17) is 16.3 Å². The van der Waals surface area contributed by atoms with Crippen molar-refractivity contribution in [3.63, 3.8) is 0 Å². The second-order valence-electron chi connectivity index (χ2n) is 9.47. The van der Waals surface area contributed by atoms with E-state index in [1.54, 1.807) is 42.6 Å². The lowest BCUT2D eigenvalue weighted by Gasteiger charge is -2.37. The first-order valence-electron chi connectivity index (χ1n) is 12.5. The molecule has 2 aliphatic rings. The van der Waals surface area contributed by atoms with Gasteiger partial charge in [0, 0.05) is 34.0 Å². The first-order chi connectivity index (χ1) is 18.2. The number of para-hydroxylation sites is 1. The molecule has 1 aliphatic heterocycles. The number of nitrogens with one attached hydrogen (secondary N) is 1. The van der Waals surface area contributed by atoms with Crippen molar-refractivity contribution in [2.45, 2.75) is 25.0 Å². The van der Waals surface area contributed by atoms with E-state index in [2.05, 4.69) is 58.9 Å². The van der Waals surface area contributed by atoms with E-state index in [9.17, 15) is 4.39 Å². The molecule has 5 heteroatoms. The number of nitrogens with zero attached hydrogens (tertiary/aromatic N) is 1. The van der Waals surface area contributed by atoms with E-state index in [-0.39, 0.29) is 18.5 Å². The molecule has 0 amide bonds. The van der Waals surface area contributed by atoms with Crippen LogP contribution in [0.3, 0.4) is 0 Å². The van der Waals surface area contributed by atoms with Gasteiger partial charge in [0.2, 0.25) is 0 Å². The fraction of sp³-hybridized carbons (Fsp3) is 0.156. The van der Waals surface area contributed by atoms with Gasteiger partial charge in [0.1, 0.15) is 18.2 Å². The van der Waals surface area contributed by atoms with Gasteiger partial charge in [-0.3, -0.25) is 4.99 Å². The number of halogens is 2. The maximum Gasteiger partial charge on any atom is 0.129 e. The minimum Gasteiger partial charge on any atom is -0.488 e. The van der Waals surface area contributed by atoms with Crippen molar-refractivity contribution in [2.75, 3.05) is 5.32 Å². The minimum atomic E-state index is -0.289. The monoisotopic (exact) mass is 508 g/mol. The molecule has 4 aromatic rings. The zero-order valence-corrected chi connectivity index (χ0v) is 20.9. The van der Waals surface area contributed by atoms with Gasteiger partial charge in [-0.25, -0.2) is 4.39 Å². The number of aliphatic imine (C=N–C) groups is 1. The molecule has 3 nitrogen and oxygen atoms in total. The molecule has 37 heavy (non-hydrogen) atoms. The summed E-state index contributed by atoms with van der Waals surface area (Å²) >= 11 is 6.24. The molecule has 0 radical (unpaired) electrons. The van der Waals surface area contributed by atoms with Crippen LogP contribution in [0.5, 0.6) is 5.75 Å². The standard InChI is InChI=1S/C32H26ClFN2O/c33-24-14-17-31(37-20-22-6-1-3-10-29(22)34)23(18-24)19-35-25-15-12-21(13-16-25)32-28-9-5-8-26(28)27-7-2-4-11-30(27)36-32/h1-8,10-19,26,28,32,36H,9,20H2/t26-,28+,32+/m1/s1. The van der Waals surface area contributed by atoms with Crippen LogP contribution in [0.25, 0.3) is 0 Å². The van der Waals surface area contributed by atoms with Crippen LogP contribution in [-0.2, 0) is 6.61 Å². The Kier molecular flexibility index (Phi) is 6.50. The quantitative estimate of drug-likeness (QED) is 0.209. The van der Waals surface area contributed by atoms with Gasteiger partial charge >= 0.3 is 0 Å². The highest BCUT2D eigenvalue weighted by atomic mass is 35.5. The minimum absolute atomic E-state index is 0.123. The van der Waals surface area contributed by atoms with Crippen LogP contribution >= 0.6 is 11.6 Å². The summed E-state index contributed by atoms with van der Waals surface area (Å²) in [7, 11) is 0. The Morgan fingerprint density at radius 3 is 2.65 bits per heavy atom. The molecular formula is C32H26ClFN2O. The Hall–Kier alpha value is -3.89. The molecule has 0 fully saturated rings. The first-order valence-corrected chi connectivity index (χ1v) is 12.9. The molecule has 3 atom stereocenters. The van der Waals surface area contributed by atoms with Crippen LogP contribution in [0.2, 0.25) is 5.02 Å². The van der Waals surface area contributed by atoms with Crippen molar-refractivity contribution in [3.05, 3.63) is 136 Å². The van der Waals surface area contributed by atoms with Crippen molar-refractivity contribution in [1.29, 1.82) is 0 Å². The number of rotatable bonds is 6. The third-order valence-electron chi connectivity index (χ3n) is 7.19. The fourth-order valence-corrected chi connectivity index (χ4v) is 5.49. The summed E-state index contributed by atoms with van der Waals surface area (Å²) in [5.41, 5.74) is 5.91. The normalized spacial score (nSPS) is 19.9. The molecule has 0 bridgehead atoms. The predicted octanol–water partition coefficient (Wildman–Crippen LogP) is 8.64. The molecule has 1 aliphatic carbocycles. The lowest BCUT2D eigenvalue weighted by molar-refractivity contribution is 0.299.